The number of nitrogens with zero attached hydrogens (tertiary/aromatic N) is 3. The Morgan fingerprint density at radius 2 is 1.77 bits per heavy atom. The third kappa shape index (κ3) is 3.39. The number of aromatic nitrogens is 3. The topological polar surface area (TPSA) is 63.8 Å². The highest BCUT2D eigenvalue weighted by Gasteiger charge is 2.15. The van der Waals surface area contributed by atoms with Crippen LogP contribution < -0.4 is 5.32 Å². The highest BCUT2D eigenvalue weighted by atomic mass is 35.5. The molecular formula is C20H17ClN4O. The van der Waals surface area contributed by atoms with E-state index in [-0.39, 0.29) is 0 Å². The van der Waals surface area contributed by atoms with Crippen molar-refractivity contribution >= 4 is 28.5 Å². The molecule has 0 spiro atoms. The molecule has 0 aliphatic heterocycles. The van der Waals surface area contributed by atoms with E-state index in [1.165, 1.54) is 17.5 Å². The van der Waals surface area contributed by atoms with Crippen LogP contribution in [0.4, 0.5) is 5.82 Å². The van der Waals surface area contributed by atoms with E-state index >= 15 is 0 Å². The normalized spacial score (nSPS) is 11.0. The van der Waals surface area contributed by atoms with Crippen LogP contribution >= 0.6 is 11.6 Å². The van der Waals surface area contributed by atoms with Crippen molar-refractivity contribution in [1.29, 1.82) is 0 Å². The lowest BCUT2D eigenvalue weighted by atomic mass is 10.1. The number of fused-ring (bicyclic) bond motifs is 1. The number of anilines is 1. The average molecular weight is 365 g/mol. The Kier molecular flexibility index (Phi) is 4.54. The van der Waals surface area contributed by atoms with Gasteiger partial charge in [0.25, 0.3) is 0 Å². The van der Waals surface area contributed by atoms with E-state index < -0.39 is 0 Å². The van der Waals surface area contributed by atoms with Gasteiger partial charge in [-0.3, -0.25) is 0 Å². The van der Waals surface area contributed by atoms with Gasteiger partial charge in [0.05, 0.1) is 0 Å². The van der Waals surface area contributed by atoms with Gasteiger partial charge in [0, 0.05) is 17.1 Å². The van der Waals surface area contributed by atoms with Crippen LogP contribution in [-0.2, 0) is 6.42 Å². The van der Waals surface area contributed by atoms with Crippen molar-refractivity contribution in [3.8, 4) is 11.3 Å². The number of nitrogens with one attached hydrogen (secondary N) is 1. The summed E-state index contributed by atoms with van der Waals surface area (Å²) >= 11 is 5.92. The molecule has 4 rings (SSSR count). The van der Waals surface area contributed by atoms with Crippen molar-refractivity contribution in [2.45, 2.75) is 13.3 Å². The molecule has 4 aromatic rings. The minimum Gasteiger partial charge on any atom is -0.366 e. The number of hydrogen-bond acceptors (Lipinski definition) is 5. The summed E-state index contributed by atoms with van der Waals surface area (Å²) in [6, 6.07) is 15.9. The molecular weight excluding hydrogens is 348 g/mol. The minimum atomic E-state index is 0.569. The van der Waals surface area contributed by atoms with Crippen LogP contribution in [0.15, 0.2) is 59.4 Å². The van der Waals surface area contributed by atoms with Crippen LogP contribution in [0.3, 0.4) is 0 Å². The molecule has 130 valence electrons. The minimum absolute atomic E-state index is 0.569. The van der Waals surface area contributed by atoms with Crippen LogP contribution in [0, 0.1) is 6.92 Å². The summed E-state index contributed by atoms with van der Waals surface area (Å²) in [6.45, 7) is 2.77. The molecule has 0 saturated carbocycles. The van der Waals surface area contributed by atoms with Gasteiger partial charge in [-0.15, -0.1) is 0 Å². The molecule has 1 N–H and O–H groups in total. The molecule has 0 amide bonds. The maximum absolute atomic E-state index is 5.92. The largest absolute Gasteiger partial charge is 0.366 e. The van der Waals surface area contributed by atoms with E-state index in [9.17, 15) is 0 Å². The highest BCUT2D eigenvalue weighted by Crippen LogP contribution is 2.29. The maximum atomic E-state index is 5.92. The monoisotopic (exact) mass is 364 g/mol. The summed E-state index contributed by atoms with van der Waals surface area (Å²) in [5.74, 6) is 0.648. The Labute approximate surface area is 156 Å². The van der Waals surface area contributed by atoms with Gasteiger partial charge < -0.3 is 9.84 Å². The van der Waals surface area contributed by atoms with Gasteiger partial charge in [-0.1, -0.05) is 58.7 Å². The molecule has 0 saturated heterocycles. The van der Waals surface area contributed by atoms with Crippen LogP contribution in [0.1, 0.15) is 11.1 Å². The van der Waals surface area contributed by atoms with E-state index in [0.29, 0.717) is 23.5 Å². The first-order chi connectivity index (χ1) is 12.7. The maximum Gasteiger partial charge on any atom is 0.228 e. The molecule has 0 unspecified atom stereocenters. The Hall–Kier alpha value is -2.92. The predicted molar refractivity (Wildman–Crippen MR) is 103 cm³/mol. The van der Waals surface area contributed by atoms with E-state index in [1.54, 1.807) is 0 Å². The zero-order valence-corrected chi connectivity index (χ0v) is 15.0. The van der Waals surface area contributed by atoms with Crippen LogP contribution in [-0.4, -0.2) is 21.7 Å². The Morgan fingerprint density at radius 3 is 2.54 bits per heavy atom. The summed E-state index contributed by atoms with van der Waals surface area (Å²) < 4.78 is 5.53. The first-order valence-corrected chi connectivity index (χ1v) is 8.74. The molecule has 0 atom stereocenters. The second-order valence-corrected chi connectivity index (χ2v) is 6.54. The number of aryl methyl sites for hydroxylation is 1. The Morgan fingerprint density at radius 1 is 1.00 bits per heavy atom. The summed E-state index contributed by atoms with van der Waals surface area (Å²) in [5.41, 5.74) is 5.37. The number of benzene rings is 2. The summed E-state index contributed by atoms with van der Waals surface area (Å²) in [5, 5.41) is 8.25. The van der Waals surface area contributed by atoms with Gasteiger partial charge in [0.15, 0.2) is 5.82 Å². The summed E-state index contributed by atoms with van der Waals surface area (Å²) in [4.78, 5) is 8.65. The average Bonchev–Trinajstić information content (AvgIpc) is 3.09. The molecule has 2 heterocycles. The fourth-order valence-electron chi connectivity index (χ4n) is 2.77. The van der Waals surface area contributed by atoms with Gasteiger partial charge in [-0.2, -0.15) is 0 Å². The van der Waals surface area contributed by atoms with Crippen molar-refractivity contribution in [3.05, 3.63) is 71.0 Å². The third-order valence-electron chi connectivity index (χ3n) is 4.20. The fourth-order valence-corrected chi connectivity index (χ4v) is 2.89. The van der Waals surface area contributed by atoms with Crippen LogP contribution in [0.5, 0.6) is 0 Å². The van der Waals surface area contributed by atoms with Gasteiger partial charge in [-0.25, -0.2) is 9.97 Å². The number of rotatable bonds is 5. The lowest BCUT2D eigenvalue weighted by Crippen LogP contribution is -2.06. The Balaban J connectivity index is 1.54. The molecule has 2 aromatic heterocycles. The molecule has 26 heavy (non-hydrogen) atoms. The highest BCUT2D eigenvalue weighted by molar-refractivity contribution is 6.30. The molecule has 0 fully saturated rings. The zero-order chi connectivity index (χ0) is 17.9. The van der Waals surface area contributed by atoms with Crippen LogP contribution in [0.25, 0.3) is 22.4 Å². The number of hydrogen-bond donors (Lipinski definition) is 1. The summed E-state index contributed by atoms with van der Waals surface area (Å²) in [6.07, 6.45) is 2.38. The van der Waals surface area contributed by atoms with E-state index in [1.807, 2.05) is 48.5 Å². The zero-order valence-electron chi connectivity index (χ0n) is 14.2. The van der Waals surface area contributed by atoms with Crippen molar-refractivity contribution < 1.29 is 4.52 Å². The van der Waals surface area contributed by atoms with Gasteiger partial charge in [0.1, 0.15) is 17.5 Å². The molecule has 6 heteroatoms. The van der Waals surface area contributed by atoms with E-state index in [4.69, 9.17) is 16.1 Å². The second kappa shape index (κ2) is 7.14. The second-order valence-electron chi connectivity index (χ2n) is 6.10. The first kappa shape index (κ1) is 16.5. The van der Waals surface area contributed by atoms with Crippen molar-refractivity contribution in [2.24, 2.45) is 0 Å². The molecule has 0 radical (unpaired) electrons. The SMILES string of the molecule is Cc1ccc(-c2noc3c(NCCc4ccc(Cl)cc4)ncnc23)cc1. The third-order valence-corrected chi connectivity index (χ3v) is 4.45. The van der Waals surface area contributed by atoms with Gasteiger partial charge in [0.2, 0.25) is 5.58 Å². The van der Waals surface area contributed by atoms with Crippen molar-refractivity contribution in [2.75, 3.05) is 11.9 Å². The van der Waals surface area contributed by atoms with Crippen molar-refractivity contribution in [3.63, 3.8) is 0 Å². The van der Waals surface area contributed by atoms with Crippen molar-refractivity contribution in [1.82, 2.24) is 15.1 Å². The Bertz CT molecular complexity index is 1030. The van der Waals surface area contributed by atoms with E-state index in [0.717, 1.165) is 22.7 Å². The molecule has 0 aliphatic carbocycles. The molecule has 2 aromatic carbocycles. The van der Waals surface area contributed by atoms with Gasteiger partial charge >= 0.3 is 0 Å². The number of halogens is 1. The molecule has 0 bridgehead atoms. The fraction of sp³-hybridized carbons (Fsp3) is 0.150. The molecule has 0 aliphatic rings. The predicted octanol–water partition coefficient (Wildman–Crippen LogP) is 4.90. The first-order valence-electron chi connectivity index (χ1n) is 8.36. The quantitative estimate of drug-likeness (QED) is 0.545. The van der Waals surface area contributed by atoms with Gasteiger partial charge in [-0.05, 0) is 31.0 Å². The summed E-state index contributed by atoms with van der Waals surface area (Å²) in [7, 11) is 0. The standard InChI is InChI=1S/C20H17ClN4O/c1-13-2-6-15(7-3-13)17-18-19(26-25-17)20(24-12-23-18)22-11-10-14-4-8-16(21)9-5-14/h2-9,12H,10-11H2,1H3,(H,22,23,24). The van der Waals surface area contributed by atoms with Crippen LogP contribution in [0.2, 0.25) is 5.02 Å². The lowest BCUT2D eigenvalue weighted by molar-refractivity contribution is 0.459. The molecule has 5 nitrogen and oxygen atoms in total. The van der Waals surface area contributed by atoms with E-state index in [2.05, 4.69) is 27.4 Å². The lowest BCUT2D eigenvalue weighted by Gasteiger charge is -2.05. The smallest absolute Gasteiger partial charge is 0.228 e.